The molecule has 0 saturated heterocycles. The van der Waals surface area contributed by atoms with E-state index in [-0.39, 0.29) is 0 Å². The number of imidazole rings is 1. The summed E-state index contributed by atoms with van der Waals surface area (Å²) in [5.74, 6) is 1.79. The first-order valence-corrected chi connectivity index (χ1v) is 5.00. The molecule has 1 aromatic rings. The summed E-state index contributed by atoms with van der Waals surface area (Å²) in [4.78, 5) is 4.38. The highest BCUT2D eigenvalue weighted by molar-refractivity contribution is 5.02. The Bertz CT molecular complexity index is 279. The molecule has 3 heteroatoms. The molecule has 3 nitrogen and oxygen atoms in total. The quantitative estimate of drug-likeness (QED) is 0.708. The molecule has 2 rings (SSSR count). The van der Waals surface area contributed by atoms with Crippen molar-refractivity contribution >= 4 is 0 Å². The normalized spacial score (nSPS) is 29.1. The van der Waals surface area contributed by atoms with Crippen molar-refractivity contribution in [2.24, 2.45) is 12.8 Å². The van der Waals surface area contributed by atoms with Crippen LogP contribution in [0.25, 0.3) is 0 Å². The van der Waals surface area contributed by atoms with Gasteiger partial charge in [-0.15, -0.1) is 0 Å². The molecule has 1 saturated carbocycles. The zero-order valence-electron chi connectivity index (χ0n) is 8.11. The van der Waals surface area contributed by atoms with Crippen molar-refractivity contribution in [3.05, 3.63) is 18.2 Å². The van der Waals surface area contributed by atoms with Crippen molar-refractivity contribution in [1.29, 1.82) is 0 Å². The zero-order chi connectivity index (χ0) is 9.26. The van der Waals surface area contributed by atoms with Gasteiger partial charge in [-0.2, -0.15) is 0 Å². The molecular weight excluding hydrogens is 162 g/mol. The summed E-state index contributed by atoms with van der Waals surface area (Å²) in [6, 6.07) is 0.385. The SMILES string of the molecule is Cn1ccnc1C1CCCC(N)C1. The van der Waals surface area contributed by atoms with Crippen molar-refractivity contribution in [2.75, 3.05) is 0 Å². The van der Waals surface area contributed by atoms with Gasteiger partial charge in [0.25, 0.3) is 0 Å². The van der Waals surface area contributed by atoms with Crippen LogP contribution in [0.1, 0.15) is 37.4 Å². The van der Waals surface area contributed by atoms with E-state index >= 15 is 0 Å². The van der Waals surface area contributed by atoms with Crippen LogP contribution in [0.4, 0.5) is 0 Å². The van der Waals surface area contributed by atoms with E-state index in [4.69, 9.17) is 5.73 Å². The lowest BCUT2D eigenvalue weighted by Crippen LogP contribution is -2.27. The van der Waals surface area contributed by atoms with Crippen molar-refractivity contribution in [3.63, 3.8) is 0 Å². The first-order chi connectivity index (χ1) is 6.27. The van der Waals surface area contributed by atoms with Crippen molar-refractivity contribution in [3.8, 4) is 0 Å². The molecular formula is C10H17N3. The standard InChI is InChI=1S/C10H17N3/c1-13-6-5-12-10(13)8-3-2-4-9(11)7-8/h5-6,8-9H,2-4,7,11H2,1H3. The second kappa shape index (κ2) is 3.50. The first-order valence-electron chi connectivity index (χ1n) is 5.00. The van der Waals surface area contributed by atoms with E-state index in [1.165, 1.54) is 25.1 Å². The molecule has 0 aromatic carbocycles. The van der Waals surface area contributed by atoms with Crippen LogP contribution in [0.3, 0.4) is 0 Å². The second-order valence-electron chi connectivity index (χ2n) is 4.02. The topological polar surface area (TPSA) is 43.8 Å². The van der Waals surface area contributed by atoms with Crippen molar-refractivity contribution in [1.82, 2.24) is 9.55 Å². The fourth-order valence-electron chi connectivity index (χ4n) is 2.23. The lowest BCUT2D eigenvalue weighted by Gasteiger charge is -2.25. The van der Waals surface area contributed by atoms with Crippen molar-refractivity contribution in [2.45, 2.75) is 37.6 Å². The number of rotatable bonds is 1. The van der Waals surface area contributed by atoms with E-state index in [2.05, 4.69) is 16.6 Å². The molecule has 0 aliphatic heterocycles. The summed E-state index contributed by atoms with van der Waals surface area (Å²) < 4.78 is 2.11. The van der Waals surface area contributed by atoms with Gasteiger partial charge in [-0.25, -0.2) is 4.98 Å². The Morgan fingerprint density at radius 2 is 2.38 bits per heavy atom. The molecule has 0 amide bonds. The van der Waals surface area contributed by atoms with E-state index in [9.17, 15) is 0 Å². The third-order valence-electron chi connectivity index (χ3n) is 2.94. The fraction of sp³-hybridized carbons (Fsp3) is 0.700. The van der Waals surface area contributed by atoms with Crippen molar-refractivity contribution < 1.29 is 0 Å². The molecule has 2 N–H and O–H groups in total. The second-order valence-corrected chi connectivity index (χ2v) is 4.02. The Hall–Kier alpha value is -0.830. The summed E-state index contributed by atoms with van der Waals surface area (Å²) in [7, 11) is 2.06. The van der Waals surface area contributed by atoms with E-state index in [1.54, 1.807) is 0 Å². The fourth-order valence-corrected chi connectivity index (χ4v) is 2.23. The smallest absolute Gasteiger partial charge is 0.111 e. The van der Waals surface area contributed by atoms with Gasteiger partial charge < -0.3 is 10.3 Å². The number of aryl methyl sites for hydroxylation is 1. The lowest BCUT2D eigenvalue weighted by molar-refractivity contribution is 0.377. The van der Waals surface area contributed by atoms with Gasteiger partial charge in [0.05, 0.1) is 0 Å². The average molecular weight is 179 g/mol. The summed E-state index contributed by atoms with van der Waals surface area (Å²) in [6.07, 6.45) is 8.66. The van der Waals surface area contributed by atoms with Gasteiger partial charge in [-0.3, -0.25) is 0 Å². The predicted molar refractivity (Wildman–Crippen MR) is 52.4 cm³/mol. The zero-order valence-corrected chi connectivity index (χ0v) is 8.11. The van der Waals surface area contributed by atoms with Crippen LogP contribution in [0.2, 0.25) is 0 Å². The van der Waals surface area contributed by atoms with E-state index in [1.807, 2.05) is 12.4 Å². The molecule has 0 spiro atoms. The maximum absolute atomic E-state index is 5.94. The van der Waals surface area contributed by atoms with E-state index in [0.717, 1.165) is 6.42 Å². The van der Waals surface area contributed by atoms with Gasteiger partial charge >= 0.3 is 0 Å². The molecule has 0 radical (unpaired) electrons. The number of hydrogen-bond acceptors (Lipinski definition) is 2. The number of aromatic nitrogens is 2. The molecule has 0 bridgehead atoms. The summed E-state index contributed by atoms with van der Waals surface area (Å²) in [5, 5.41) is 0. The van der Waals surface area contributed by atoms with Crippen LogP contribution >= 0.6 is 0 Å². The Labute approximate surface area is 79.0 Å². The molecule has 1 aliphatic carbocycles. The highest BCUT2D eigenvalue weighted by atomic mass is 15.0. The highest BCUT2D eigenvalue weighted by Crippen LogP contribution is 2.30. The number of nitrogens with two attached hydrogens (primary N) is 1. The van der Waals surface area contributed by atoms with Gasteiger partial charge in [0.2, 0.25) is 0 Å². The lowest BCUT2D eigenvalue weighted by atomic mass is 9.85. The van der Waals surface area contributed by atoms with Crippen LogP contribution in [-0.2, 0) is 7.05 Å². The van der Waals surface area contributed by atoms with E-state index in [0.29, 0.717) is 12.0 Å². The molecule has 2 atom stereocenters. The molecule has 1 aliphatic rings. The molecule has 72 valence electrons. The maximum atomic E-state index is 5.94. The van der Waals surface area contributed by atoms with Gasteiger partial charge in [-0.05, 0) is 19.3 Å². The monoisotopic (exact) mass is 179 g/mol. The molecule has 1 aromatic heterocycles. The van der Waals surface area contributed by atoms with Gasteiger partial charge in [0.1, 0.15) is 5.82 Å². The minimum atomic E-state index is 0.385. The number of nitrogens with zero attached hydrogens (tertiary/aromatic N) is 2. The van der Waals surface area contributed by atoms with Crippen LogP contribution in [-0.4, -0.2) is 15.6 Å². The van der Waals surface area contributed by atoms with Crippen LogP contribution in [0, 0.1) is 0 Å². The molecule has 2 unspecified atom stereocenters. The summed E-state index contributed by atoms with van der Waals surface area (Å²) >= 11 is 0. The first kappa shape index (κ1) is 8.75. The average Bonchev–Trinajstić information content (AvgIpc) is 2.51. The van der Waals surface area contributed by atoms with Gasteiger partial charge in [-0.1, -0.05) is 6.42 Å². The molecule has 1 fully saturated rings. The highest BCUT2D eigenvalue weighted by Gasteiger charge is 2.23. The summed E-state index contributed by atoms with van der Waals surface area (Å²) in [5.41, 5.74) is 5.94. The Kier molecular flexibility index (Phi) is 2.36. The predicted octanol–water partition coefficient (Wildman–Crippen LogP) is 1.41. The van der Waals surface area contributed by atoms with Crippen LogP contribution in [0.5, 0.6) is 0 Å². The minimum absolute atomic E-state index is 0.385. The van der Waals surface area contributed by atoms with Crippen LogP contribution in [0.15, 0.2) is 12.4 Å². The largest absolute Gasteiger partial charge is 0.338 e. The van der Waals surface area contributed by atoms with Crippen LogP contribution < -0.4 is 5.73 Å². The maximum Gasteiger partial charge on any atom is 0.111 e. The third-order valence-corrected chi connectivity index (χ3v) is 2.94. The van der Waals surface area contributed by atoms with Gasteiger partial charge in [0, 0.05) is 31.4 Å². The Balaban J connectivity index is 2.12. The van der Waals surface area contributed by atoms with Gasteiger partial charge in [0.15, 0.2) is 0 Å². The Morgan fingerprint density at radius 3 is 3.00 bits per heavy atom. The minimum Gasteiger partial charge on any atom is -0.338 e. The Morgan fingerprint density at radius 1 is 1.54 bits per heavy atom. The van der Waals surface area contributed by atoms with E-state index < -0.39 is 0 Å². The number of hydrogen-bond donors (Lipinski definition) is 1. The summed E-state index contributed by atoms with van der Waals surface area (Å²) in [6.45, 7) is 0. The third kappa shape index (κ3) is 1.75. The molecule has 13 heavy (non-hydrogen) atoms. The molecule has 1 heterocycles.